The van der Waals surface area contributed by atoms with E-state index >= 15 is 0 Å². The smallest absolute Gasteiger partial charge is 0.277 e. The highest BCUT2D eigenvalue weighted by molar-refractivity contribution is 7.99. The Morgan fingerprint density at radius 3 is 2.69 bits per heavy atom. The van der Waals surface area contributed by atoms with Gasteiger partial charge in [-0.1, -0.05) is 54.6 Å². The van der Waals surface area contributed by atoms with Crippen LogP contribution >= 0.6 is 23.5 Å². The molecule has 0 saturated carbocycles. The largest absolute Gasteiger partial charge is 0.371 e. The van der Waals surface area contributed by atoms with Gasteiger partial charge in [-0.15, -0.1) is 0 Å². The first-order valence-electron chi connectivity index (χ1n) is 13.0. The fraction of sp³-hybridized carbons (Fsp3) is 0.321. The van der Waals surface area contributed by atoms with Crippen LogP contribution in [0.1, 0.15) is 16.1 Å². The summed E-state index contributed by atoms with van der Waals surface area (Å²) in [6.45, 7) is 4.07. The van der Waals surface area contributed by atoms with Gasteiger partial charge in [0.15, 0.2) is 0 Å². The van der Waals surface area contributed by atoms with Crippen LogP contribution in [0.15, 0.2) is 77.9 Å². The Labute approximate surface area is 238 Å². The molecule has 11 heteroatoms. The van der Waals surface area contributed by atoms with Gasteiger partial charge >= 0.3 is 0 Å². The molecule has 206 valence electrons. The van der Waals surface area contributed by atoms with Crippen LogP contribution in [-0.4, -0.2) is 73.7 Å². The van der Waals surface area contributed by atoms with Crippen molar-refractivity contribution in [1.82, 2.24) is 20.5 Å². The second-order valence-electron chi connectivity index (χ2n) is 9.44. The van der Waals surface area contributed by atoms with Crippen molar-refractivity contribution < 1.29 is 13.2 Å². The SMILES string of the molecule is O=C(NCC(CN1CCSCC1)SCc1ccccc1)c1cc2cccc(NS(=O)(=O)C3=CC=CCN3)c2[nH]1. The molecule has 0 spiro atoms. The number of allylic oxidation sites excluding steroid dienone is 2. The fourth-order valence-corrected chi connectivity index (χ4v) is 7.75. The maximum Gasteiger partial charge on any atom is 0.277 e. The van der Waals surface area contributed by atoms with Gasteiger partial charge < -0.3 is 20.5 Å². The number of aromatic nitrogens is 1. The van der Waals surface area contributed by atoms with E-state index in [1.54, 1.807) is 24.3 Å². The topological polar surface area (TPSA) is 106 Å². The molecule has 0 radical (unpaired) electrons. The number of anilines is 1. The summed E-state index contributed by atoms with van der Waals surface area (Å²) in [6.07, 6.45) is 5.07. The van der Waals surface area contributed by atoms with Crippen molar-refractivity contribution in [3.8, 4) is 0 Å². The summed E-state index contributed by atoms with van der Waals surface area (Å²) in [4.78, 5) is 18.8. The Balaban J connectivity index is 1.26. The second-order valence-corrected chi connectivity index (χ2v) is 13.6. The summed E-state index contributed by atoms with van der Waals surface area (Å²) in [5.41, 5.74) is 2.63. The van der Waals surface area contributed by atoms with Crippen LogP contribution < -0.4 is 15.4 Å². The number of para-hydroxylation sites is 1. The third-order valence-corrected chi connectivity index (χ3v) is 10.2. The minimum Gasteiger partial charge on any atom is -0.371 e. The minimum atomic E-state index is -3.78. The molecule has 1 unspecified atom stereocenters. The molecular formula is C28H33N5O3S3. The Bertz CT molecular complexity index is 1450. The van der Waals surface area contributed by atoms with Crippen LogP contribution in [0.4, 0.5) is 5.69 Å². The van der Waals surface area contributed by atoms with Crippen molar-refractivity contribution >= 4 is 56.0 Å². The van der Waals surface area contributed by atoms with E-state index in [4.69, 9.17) is 0 Å². The van der Waals surface area contributed by atoms with Gasteiger partial charge in [0.1, 0.15) is 10.7 Å². The van der Waals surface area contributed by atoms with Crippen molar-refractivity contribution in [2.24, 2.45) is 0 Å². The van der Waals surface area contributed by atoms with E-state index in [-0.39, 0.29) is 16.2 Å². The molecule has 0 bridgehead atoms. The molecule has 39 heavy (non-hydrogen) atoms. The number of thioether (sulfide) groups is 2. The summed E-state index contributed by atoms with van der Waals surface area (Å²) >= 11 is 3.86. The number of nitrogens with one attached hydrogen (secondary N) is 4. The third kappa shape index (κ3) is 7.42. The number of aromatic amines is 1. The standard InChI is InChI=1S/C28H33N5O3S3/c34-28(30-18-23(19-33-13-15-37-16-14-33)38-20-21-7-2-1-3-8-21)25-17-22-9-6-10-24(27(22)31-25)32-39(35,36)26-11-4-5-12-29-26/h1-11,17,23,29,31-32H,12-16,18-20H2,(H,30,34). The fourth-order valence-electron chi connectivity index (χ4n) is 4.53. The summed E-state index contributed by atoms with van der Waals surface area (Å²) in [5.74, 6) is 2.98. The number of hydrogen-bond donors (Lipinski definition) is 4. The number of dihydropyridines is 1. The molecule has 0 aliphatic carbocycles. The van der Waals surface area contributed by atoms with E-state index in [2.05, 4.69) is 49.5 Å². The molecule has 1 atom stereocenters. The highest BCUT2D eigenvalue weighted by atomic mass is 32.2. The lowest BCUT2D eigenvalue weighted by atomic mass is 10.2. The first-order valence-corrected chi connectivity index (χ1v) is 16.7. The Morgan fingerprint density at radius 2 is 1.92 bits per heavy atom. The Hall–Kier alpha value is -2.86. The number of carbonyl (C=O) groups is 1. The lowest BCUT2D eigenvalue weighted by Gasteiger charge is -2.30. The number of fused-ring (bicyclic) bond motifs is 1. The zero-order chi connectivity index (χ0) is 27.1. The van der Waals surface area contributed by atoms with Crippen molar-refractivity contribution in [2.45, 2.75) is 11.0 Å². The Morgan fingerprint density at radius 1 is 1.10 bits per heavy atom. The van der Waals surface area contributed by atoms with Gasteiger partial charge in [-0.2, -0.15) is 31.9 Å². The van der Waals surface area contributed by atoms with Crippen LogP contribution in [0.25, 0.3) is 10.9 Å². The van der Waals surface area contributed by atoms with Crippen molar-refractivity contribution in [3.05, 3.63) is 89.1 Å². The van der Waals surface area contributed by atoms with Crippen LogP contribution in [0.3, 0.4) is 0 Å². The second kappa shape index (κ2) is 13.0. The molecule has 8 nitrogen and oxygen atoms in total. The van der Waals surface area contributed by atoms with E-state index in [9.17, 15) is 13.2 Å². The van der Waals surface area contributed by atoms with Crippen LogP contribution in [-0.2, 0) is 15.8 Å². The number of H-pyrrole nitrogens is 1. The Kier molecular flexibility index (Phi) is 9.23. The van der Waals surface area contributed by atoms with E-state index < -0.39 is 10.0 Å². The van der Waals surface area contributed by atoms with E-state index in [1.807, 2.05) is 41.7 Å². The average molecular weight is 584 g/mol. The first kappa shape index (κ1) is 27.7. The zero-order valence-electron chi connectivity index (χ0n) is 21.6. The van der Waals surface area contributed by atoms with Crippen molar-refractivity contribution in [3.63, 3.8) is 0 Å². The average Bonchev–Trinajstić information content (AvgIpc) is 3.42. The van der Waals surface area contributed by atoms with Crippen LogP contribution in [0.2, 0.25) is 0 Å². The molecule has 1 fully saturated rings. The molecule has 1 saturated heterocycles. The summed E-state index contributed by atoms with van der Waals surface area (Å²) in [7, 11) is -3.78. The van der Waals surface area contributed by atoms with Crippen molar-refractivity contribution in [2.75, 3.05) is 49.0 Å². The number of carbonyl (C=O) groups excluding carboxylic acids is 1. The monoisotopic (exact) mass is 583 g/mol. The van der Waals surface area contributed by atoms with Gasteiger partial charge in [0.25, 0.3) is 15.9 Å². The van der Waals surface area contributed by atoms with Gasteiger partial charge in [-0.25, -0.2) is 0 Å². The number of amides is 1. The number of hydrogen-bond acceptors (Lipinski definition) is 7. The maximum absolute atomic E-state index is 13.2. The van der Waals surface area contributed by atoms with E-state index in [0.29, 0.717) is 30.0 Å². The summed E-state index contributed by atoms with van der Waals surface area (Å²) in [5, 5.41) is 7.10. The highest BCUT2D eigenvalue weighted by Crippen LogP contribution is 2.26. The van der Waals surface area contributed by atoms with Crippen LogP contribution in [0.5, 0.6) is 0 Å². The third-order valence-electron chi connectivity index (χ3n) is 6.60. The number of rotatable bonds is 11. The molecule has 4 N–H and O–H groups in total. The summed E-state index contributed by atoms with van der Waals surface area (Å²) < 4.78 is 28.4. The molecule has 2 aromatic carbocycles. The molecule has 3 heterocycles. The lowest BCUT2D eigenvalue weighted by Crippen LogP contribution is -2.42. The van der Waals surface area contributed by atoms with Crippen molar-refractivity contribution in [1.29, 1.82) is 0 Å². The normalized spacial score (nSPS) is 16.9. The van der Waals surface area contributed by atoms with Gasteiger partial charge in [0.2, 0.25) is 0 Å². The highest BCUT2D eigenvalue weighted by Gasteiger charge is 2.22. The molecule has 3 aromatic rings. The van der Waals surface area contributed by atoms with Gasteiger partial charge in [-0.05, 0) is 23.8 Å². The lowest BCUT2D eigenvalue weighted by molar-refractivity contribution is 0.0948. The quantitative estimate of drug-likeness (QED) is 0.271. The molecule has 2 aliphatic heterocycles. The zero-order valence-corrected chi connectivity index (χ0v) is 24.0. The van der Waals surface area contributed by atoms with Crippen LogP contribution in [0, 0.1) is 0 Å². The van der Waals surface area contributed by atoms with E-state index in [1.165, 1.54) is 11.6 Å². The number of sulfonamides is 1. The number of benzene rings is 2. The summed E-state index contributed by atoms with van der Waals surface area (Å²) in [6, 6.07) is 17.5. The first-order chi connectivity index (χ1) is 19.0. The number of nitrogens with zero attached hydrogens (tertiary/aromatic N) is 1. The van der Waals surface area contributed by atoms with E-state index in [0.717, 1.165) is 42.3 Å². The van der Waals surface area contributed by atoms with Gasteiger partial charge in [-0.3, -0.25) is 9.52 Å². The molecule has 2 aliphatic rings. The predicted molar refractivity (Wildman–Crippen MR) is 164 cm³/mol. The van der Waals surface area contributed by atoms with Gasteiger partial charge in [0.05, 0.1) is 11.2 Å². The molecular weight excluding hydrogens is 551 g/mol. The predicted octanol–water partition coefficient (Wildman–Crippen LogP) is 3.99. The maximum atomic E-state index is 13.2. The molecule has 1 aromatic heterocycles. The minimum absolute atomic E-state index is 0.109. The molecule has 1 amide bonds. The molecule has 5 rings (SSSR count). The van der Waals surface area contributed by atoms with Gasteiger partial charge in [0, 0.05) is 60.6 Å².